The van der Waals surface area contributed by atoms with E-state index in [1.54, 1.807) is 32.9 Å². The molecule has 1 atom stereocenters. The molecule has 0 saturated carbocycles. The van der Waals surface area contributed by atoms with Gasteiger partial charge in [-0.2, -0.15) is 0 Å². The van der Waals surface area contributed by atoms with Gasteiger partial charge in [0, 0.05) is 6.42 Å². The number of alkyl carbamates (subject to hydrolysis) is 1. The summed E-state index contributed by atoms with van der Waals surface area (Å²) in [5, 5.41) is 11.5. The highest BCUT2D eigenvalue weighted by molar-refractivity contribution is 5.89. The van der Waals surface area contributed by atoms with E-state index in [2.05, 4.69) is 10.1 Å². The van der Waals surface area contributed by atoms with Crippen molar-refractivity contribution in [1.82, 2.24) is 5.32 Å². The quantitative estimate of drug-likeness (QED) is 0.804. The molecule has 1 aromatic carbocycles. The number of carbonyl (C=O) groups excluding carboxylic acids is 2. The maximum absolute atomic E-state index is 11.7. The molecule has 7 nitrogen and oxygen atoms in total. The molecule has 0 fully saturated rings. The van der Waals surface area contributed by atoms with Gasteiger partial charge in [0.2, 0.25) is 0 Å². The lowest BCUT2D eigenvalue weighted by atomic mass is 10.0. The molecule has 0 aliphatic heterocycles. The fourth-order valence-corrected chi connectivity index (χ4v) is 1.78. The van der Waals surface area contributed by atoms with Crippen molar-refractivity contribution in [1.29, 1.82) is 0 Å². The Balaban J connectivity index is 2.75. The molecule has 0 aliphatic carbocycles. The van der Waals surface area contributed by atoms with Crippen LogP contribution < -0.4 is 5.32 Å². The molecule has 0 radical (unpaired) electrons. The van der Waals surface area contributed by atoms with Crippen LogP contribution in [0.4, 0.5) is 4.79 Å². The second-order valence-electron chi connectivity index (χ2n) is 5.93. The molecule has 7 heteroatoms. The van der Waals surface area contributed by atoms with Gasteiger partial charge in [-0.15, -0.1) is 0 Å². The second-order valence-corrected chi connectivity index (χ2v) is 5.93. The molecule has 0 spiro atoms. The molecule has 0 saturated heterocycles. The second kappa shape index (κ2) is 7.62. The van der Waals surface area contributed by atoms with Crippen molar-refractivity contribution in [2.24, 2.45) is 0 Å². The normalized spacial score (nSPS) is 12.2. The van der Waals surface area contributed by atoms with Gasteiger partial charge in [-0.3, -0.25) is 0 Å². The number of amides is 1. The van der Waals surface area contributed by atoms with Crippen LogP contribution in [0.5, 0.6) is 0 Å². The highest BCUT2D eigenvalue weighted by Gasteiger charge is 2.24. The van der Waals surface area contributed by atoms with Crippen LogP contribution in [-0.2, 0) is 20.7 Å². The summed E-state index contributed by atoms with van der Waals surface area (Å²) in [5.41, 5.74) is 0.305. The zero-order valence-electron chi connectivity index (χ0n) is 13.6. The zero-order chi connectivity index (χ0) is 17.6. The first-order chi connectivity index (χ1) is 10.6. The predicted molar refractivity (Wildman–Crippen MR) is 82.3 cm³/mol. The highest BCUT2D eigenvalue weighted by atomic mass is 16.6. The van der Waals surface area contributed by atoms with Crippen LogP contribution in [0.15, 0.2) is 24.3 Å². The van der Waals surface area contributed by atoms with Gasteiger partial charge >= 0.3 is 18.0 Å². The van der Waals surface area contributed by atoms with Crippen molar-refractivity contribution in [3.63, 3.8) is 0 Å². The topological polar surface area (TPSA) is 102 Å². The number of carboxylic acids is 1. The maximum Gasteiger partial charge on any atom is 0.408 e. The number of hydrogen-bond acceptors (Lipinski definition) is 5. The van der Waals surface area contributed by atoms with Crippen molar-refractivity contribution >= 4 is 18.0 Å². The number of nitrogens with one attached hydrogen (secondary N) is 1. The first-order valence-corrected chi connectivity index (χ1v) is 7.02. The number of hydrogen-bond donors (Lipinski definition) is 2. The van der Waals surface area contributed by atoms with Crippen molar-refractivity contribution in [3.8, 4) is 0 Å². The zero-order valence-corrected chi connectivity index (χ0v) is 13.6. The summed E-state index contributed by atoms with van der Waals surface area (Å²) in [6.45, 7) is 5.07. The van der Waals surface area contributed by atoms with Crippen molar-refractivity contribution in [3.05, 3.63) is 35.4 Å². The third kappa shape index (κ3) is 6.37. The molecular weight excluding hydrogens is 302 g/mol. The van der Waals surface area contributed by atoms with E-state index in [9.17, 15) is 19.5 Å². The molecule has 23 heavy (non-hydrogen) atoms. The molecule has 2 N–H and O–H groups in total. The monoisotopic (exact) mass is 323 g/mol. The number of aliphatic carboxylic acids is 1. The van der Waals surface area contributed by atoms with Gasteiger partial charge in [-0.05, 0) is 38.5 Å². The van der Waals surface area contributed by atoms with E-state index in [0.29, 0.717) is 11.1 Å². The van der Waals surface area contributed by atoms with Gasteiger partial charge in [-0.25, -0.2) is 14.4 Å². The summed E-state index contributed by atoms with van der Waals surface area (Å²) >= 11 is 0. The number of ether oxygens (including phenoxy) is 2. The van der Waals surface area contributed by atoms with Gasteiger partial charge < -0.3 is 19.9 Å². The lowest BCUT2D eigenvalue weighted by Gasteiger charge is -2.22. The largest absolute Gasteiger partial charge is 0.480 e. The fourth-order valence-electron chi connectivity index (χ4n) is 1.78. The Morgan fingerprint density at radius 2 is 1.74 bits per heavy atom. The molecule has 126 valence electrons. The lowest BCUT2D eigenvalue weighted by Crippen LogP contribution is -2.44. The average molecular weight is 323 g/mol. The summed E-state index contributed by atoms with van der Waals surface area (Å²) in [6.07, 6.45) is -0.730. The molecule has 0 bridgehead atoms. The predicted octanol–water partition coefficient (Wildman–Crippen LogP) is 1.99. The minimum atomic E-state index is -1.17. The molecule has 0 heterocycles. The minimum absolute atomic E-state index is 0.0655. The van der Waals surface area contributed by atoms with Crippen LogP contribution in [0.1, 0.15) is 36.7 Å². The maximum atomic E-state index is 11.7. The first kappa shape index (κ1) is 18.5. The Bertz CT molecular complexity index is 573. The van der Waals surface area contributed by atoms with Crippen LogP contribution in [0.3, 0.4) is 0 Å². The number of benzene rings is 1. The molecular formula is C16H21NO6. The minimum Gasteiger partial charge on any atom is -0.480 e. The Morgan fingerprint density at radius 1 is 1.17 bits per heavy atom. The van der Waals surface area contributed by atoms with Crippen LogP contribution >= 0.6 is 0 Å². The van der Waals surface area contributed by atoms with Crippen molar-refractivity contribution in [2.75, 3.05) is 7.11 Å². The Hall–Kier alpha value is -2.57. The summed E-state index contributed by atoms with van der Waals surface area (Å²) in [5.74, 6) is -1.65. The van der Waals surface area contributed by atoms with Crippen LogP contribution in [-0.4, -0.2) is 41.9 Å². The SMILES string of the molecule is COC(=O)c1ccc(C[C@H](NC(=O)OC(C)(C)C)C(=O)O)cc1. The van der Waals surface area contributed by atoms with Gasteiger partial charge in [-0.1, -0.05) is 12.1 Å². The van der Waals surface area contributed by atoms with Crippen LogP contribution in [0.25, 0.3) is 0 Å². The average Bonchev–Trinajstić information content (AvgIpc) is 2.44. The molecule has 0 aliphatic rings. The summed E-state index contributed by atoms with van der Waals surface area (Å²) < 4.78 is 9.63. The van der Waals surface area contributed by atoms with Crippen molar-refractivity contribution in [2.45, 2.75) is 38.8 Å². The van der Waals surface area contributed by atoms with Gasteiger partial charge in [0.05, 0.1) is 12.7 Å². The standard InChI is InChI=1S/C16H21NO6/c1-16(2,3)23-15(21)17-12(13(18)19)9-10-5-7-11(8-6-10)14(20)22-4/h5-8,12H,9H2,1-4H3,(H,17,21)(H,18,19)/t12-/m0/s1. The third-order valence-corrected chi connectivity index (χ3v) is 2.80. The highest BCUT2D eigenvalue weighted by Crippen LogP contribution is 2.10. The Morgan fingerprint density at radius 3 is 2.17 bits per heavy atom. The molecule has 1 rings (SSSR count). The van der Waals surface area contributed by atoms with E-state index >= 15 is 0 Å². The third-order valence-electron chi connectivity index (χ3n) is 2.80. The molecule has 1 aromatic rings. The number of carbonyl (C=O) groups is 3. The number of esters is 1. The van der Waals surface area contributed by atoms with Crippen molar-refractivity contribution < 1.29 is 29.0 Å². The van der Waals surface area contributed by atoms with Gasteiger partial charge in [0.15, 0.2) is 0 Å². The smallest absolute Gasteiger partial charge is 0.408 e. The number of rotatable bonds is 5. The van der Waals surface area contributed by atoms with Gasteiger partial charge in [0.25, 0.3) is 0 Å². The summed E-state index contributed by atoms with van der Waals surface area (Å²) in [7, 11) is 1.28. The van der Waals surface area contributed by atoms with Crippen LogP contribution in [0, 0.1) is 0 Å². The number of methoxy groups -OCH3 is 1. The Kier molecular flexibility index (Phi) is 6.12. The van der Waals surface area contributed by atoms with E-state index in [0.717, 1.165) is 0 Å². The van der Waals surface area contributed by atoms with Crippen LogP contribution in [0.2, 0.25) is 0 Å². The molecule has 0 unspecified atom stereocenters. The summed E-state index contributed by atoms with van der Waals surface area (Å²) in [6, 6.07) is 5.16. The first-order valence-electron chi connectivity index (χ1n) is 7.02. The fraction of sp³-hybridized carbons (Fsp3) is 0.438. The molecule has 0 aromatic heterocycles. The lowest BCUT2D eigenvalue weighted by molar-refractivity contribution is -0.139. The molecule has 1 amide bonds. The van der Waals surface area contributed by atoms with E-state index in [-0.39, 0.29) is 6.42 Å². The van der Waals surface area contributed by atoms with E-state index < -0.39 is 29.7 Å². The van der Waals surface area contributed by atoms with E-state index in [1.807, 2.05) is 0 Å². The van der Waals surface area contributed by atoms with Gasteiger partial charge in [0.1, 0.15) is 11.6 Å². The van der Waals surface area contributed by atoms with E-state index in [1.165, 1.54) is 19.2 Å². The van der Waals surface area contributed by atoms with E-state index in [4.69, 9.17) is 4.74 Å². The Labute approximate surface area is 134 Å². The summed E-state index contributed by atoms with van der Waals surface area (Å²) in [4.78, 5) is 34.3. The number of carboxylic acid groups (broad SMARTS) is 1.